The summed E-state index contributed by atoms with van der Waals surface area (Å²) in [6, 6.07) is 15.1. The Hall–Kier alpha value is -1.82. The van der Waals surface area contributed by atoms with Gasteiger partial charge in [-0.2, -0.15) is 4.58 Å². The summed E-state index contributed by atoms with van der Waals surface area (Å²) >= 11 is 0. The number of nitrogens with zero attached hydrogens (tertiary/aromatic N) is 2. The Balaban J connectivity index is 0.00000280. The Morgan fingerprint density at radius 2 is 1.71 bits per heavy atom. The number of ether oxygens (including phenoxy) is 1. The molecule has 3 rings (SSSR count). The number of hydrogen-bond acceptors (Lipinski definition) is 2. The van der Waals surface area contributed by atoms with E-state index in [9.17, 15) is 0 Å². The third-order valence-electron chi connectivity index (χ3n) is 5.71. The molecule has 2 aromatic carbocycles. The van der Waals surface area contributed by atoms with Gasteiger partial charge in [0, 0.05) is 48.1 Å². The molecule has 0 saturated heterocycles. The molecular weight excluding hydrogens is 459 g/mol. The monoisotopic (exact) mass is 490 g/mol. The van der Waals surface area contributed by atoms with E-state index in [1.807, 2.05) is 0 Å². The first kappa shape index (κ1) is 22.5. The number of anilines is 1. The van der Waals surface area contributed by atoms with Crippen LogP contribution in [0, 0.1) is 0 Å². The highest BCUT2D eigenvalue weighted by Crippen LogP contribution is 2.39. The summed E-state index contributed by atoms with van der Waals surface area (Å²) in [5.74, 6) is 0.909. The van der Waals surface area contributed by atoms with Crippen LogP contribution < -0.4 is 33.6 Å². The number of fused-ring (bicyclic) bond motifs is 1. The SMILES string of the molecule is CCN(CC)c1ccc(C=CC2=[N+](C)c3ccccc3C2(C)C)c(OC)c1.[I-]. The van der Waals surface area contributed by atoms with Gasteiger partial charge < -0.3 is 33.6 Å². The van der Waals surface area contributed by atoms with Crippen molar-refractivity contribution in [3.8, 4) is 5.75 Å². The van der Waals surface area contributed by atoms with Crippen LogP contribution in [0.15, 0.2) is 48.5 Å². The topological polar surface area (TPSA) is 15.5 Å². The van der Waals surface area contributed by atoms with Gasteiger partial charge in [-0.3, -0.25) is 0 Å². The largest absolute Gasteiger partial charge is 1.00 e. The second-order valence-corrected chi connectivity index (χ2v) is 7.52. The molecule has 1 aliphatic heterocycles. The zero-order valence-corrected chi connectivity index (χ0v) is 19.9. The second kappa shape index (κ2) is 9.12. The van der Waals surface area contributed by atoms with E-state index in [0.717, 1.165) is 24.4 Å². The molecule has 0 saturated carbocycles. The van der Waals surface area contributed by atoms with E-state index in [-0.39, 0.29) is 29.4 Å². The van der Waals surface area contributed by atoms with Gasteiger partial charge in [-0.1, -0.05) is 18.2 Å². The summed E-state index contributed by atoms with van der Waals surface area (Å²) in [5.41, 5.74) is 6.23. The molecule has 28 heavy (non-hydrogen) atoms. The van der Waals surface area contributed by atoms with Crippen LogP contribution in [-0.2, 0) is 5.41 Å². The standard InChI is InChI=1S/C24H31N2O.HI/c1-7-26(8-2)19-15-13-18(22(17-19)27-6)14-16-23-24(3,4)20-11-9-10-12-21(20)25(23)5;/h9-17H,7-8H2,1-6H3;1H/q+1;/p-1. The number of para-hydroxylation sites is 1. The van der Waals surface area contributed by atoms with E-state index in [4.69, 9.17) is 4.74 Å². The van der Waals surface area contributed by atoms with Gasteiger partial charge in [0.2, 0.25) is 5.69 Å². The minimum absolute atomic E-state index is 0. The molecule has 3 nitrogen and oxygen atoms in total. The molecule has 150 valence electrons. The lowest BCUT2D eigenvalue weighted by Crippen LogP contribution is -3.00. The zero-order chi connectivity index (χ0) is 19.6. The van der Waals surface area contributed by atoms with Gasteiger partial charge >= 0.3 is 0 Å². The van der Waals surface area contributed by atoms with Gasteiger partial charge in [0.05, 0.1) is 12.5 Å². The van der Waals surface area contributed by atoms with Crippen molar-refractivity contribution in [2.75, 3.05) is 32.1 Å². The molecule has 0 aliphatic carbocycles. The Morgan fingerprint density at radius 3 is 2.32 bits per heavy atom. The van der Waals surface area contributed by atoms with Crippen molar-refractivity contribution in [1.82, 2.24) is 0 Å². The Morgan fingerprint density at radius 1 is 1.04 bits per heavy atom. The van der Waals surface area contributed by atoms with Crippen LogP contribution in [-0.4, -0.2) is 37.5 Å². The average molecular weight is 490 g/mol. The van der Waals surface area contributed by atoms with Crippen molar-refractivity contribution in [3.63, 3.8) is 0 Å². The molecule has 0 atom stereocenters. The minimum atomic E-state index is -0.0176. The fourth-order valence-corrected chi connectivity index (χ4v) is 4.09. The zero-order valence-electron chi connectivity index (χ0n) is 17.8. The smallest absolute Gasteiger partial charge is 0.209 e. The summed E-state index contributed by atoms with van der Waals surface area (Å²) in [4.78, 5) is 2.33. The van der Waals surface area contributed by atoms with Gasteiger partial charge in [-0.15, -0.1) is 0 Å². The molecule has 1 heterocycles. The van der Waals surface area contributed by atoms with E-state index >= 15 is 0 Å². The molecule has 0 amide bonds. The van der Waals surface area contributed by atoms with E-state index in [0.29, 0.717) is 0 Å². The van der Waals surface area contributed by atoms with Crippen LogP contribution in [0.4, 0.5) is 11.4 Å². The Bertz CT molecular complexity index is 895. The fraction of sp³-hybridized carbons (Fsp3) is 0.375. The van der Waals surface area contributed by atoms with Gasteiger partial charge in [-0.05, 0) is 45.9 Å². The number of halogens is 1. The van der Waals surface area contributed by atoms with Gasteiger partial charge in [0.15, 0.2) is 5.71 Å². The highest BCUT2D eigenvalue weighted by molar-refractivity contribution is 6.05. The lowest BCUT2D eigenvalue weighted by molar-refractivity contribution is -0.401. The molecule has 4 heteroatoms. The van der Waals surface area contributed by atoms with Crippen molar-refractivity contribution in [2.24, 2.45) is 0 Å². The highest BCUT2D eigenvalue weighted by atomic mass is 127. The van der Waals surface area contributed by atoms with Crippen molar-refractivity contribution < 1.29 is 33.3 Å². The van der Waals surface area contributed by atoms with Crippen LogP contribution in [0.25, 0.3) is 6.08 Å². The number of hydrogen-bond donors (Lipinski definition) is 0. The molecular formula is C24H31IN2O. The number of methoxy groups -OCH3 is 1. The van der Waals surface area contributed by atoms with Crippen LogP contribution in [0.2, 0.25) is 0 Å². The summed E-state index contributed by atoms with van der Waals surface area (Å²) in [5, 5.41) is 0. The quantitative estimate of drug-likeness (QED) is 0.456. The summed E-state index contributed by atoms with van der Waals surface area (Å²) < 4.78 is 7.97. The molecule has 1 aliphatic rings. The maximum atomic E-state index is 5.68. The summed E-state index contributed by atoms with van der Waals surface area (Å²) in [6.07, 6.45) is 4.40. The van der Waals surface area contributed by atoms with E-state index in [1.165, 1.54) is 22.6 Å². The fourth-order valence-electron chi connectivity index (χ4n) is 4.09. The number of rotatable bonds is 6. The maximum absolute atomic E-state index is 5.68. The molecule has 0 fully saturated rings. The normalized spacial score (nSPS) is 14.8. The molecule has 0 bridgehead atoms. The van der Waals surface area contributed by atoms with Gasteiger partial charge in [-0.25, -0.2) is 0 Å². The van der Waals surface area contributed by atoms with Crippen LogP contribution >= 0.6 is 0 Å². The highest BCUT2D eigenvalue weighted by Gasteiger charge is 2.42. The Kier molecular flexibility index (Phi) is 7.32. The molecule has 0 unspecified atom stereocenters. The summed E-state index contributed by atoms with van der Waals surface area (Å²) in [7, 11) is 3.89. The summed E-state index contributed by atoms with van der Waals surface area (Å²) in [6.45, 7) is 10.9. The van der Waals surface area contributed by atoms with Crippen molar-refractivity contribution >= 4 is 23.2 Å². The molecule has 0 radical (unpaired) electrons. The second-order valence-electron chi connectivity index (χ2n) is 7.52. The first-order chi connectivity index (χ1) is 12.9. The lowest BCUT2D eigenvalue weighted by atomic mass is 9.81. The van der Waals surface area contributed by atoms with Crippen molar-refractivity contribution in [1.29, 1.82) is 0 Å². The third kappa shape index (κ3) is 3.97. The molecule has 2 aromatic rings. The van der Waals surface area contributed by atoms with Crippen molar-refractivity contribution in [3.05, 3.63) is 59.7 Å². The van der Waals surface area contributed by atoms with E-state index < -0.39 is 0 Å². The van der Waals surface area contributed by atoms with Crippen molar-refractivity contribution in [2.45, 2.75) is 33.1 Å². The van der Waals surface area contributed by atoms with Crippen LogP contribution in [0.1, 0.15) is 38.8 Å². The predicted octanol–water partition coefficient (Wildman–Crippen LogP) is 2.26. The lowest BCUT2D eigenvalue weighted by Gasteiger charge is -2.22. The average Bonchev–Trinajstić information content (AvgIpc) is 2.88. The maximum Gasteiger partial charge on any atom is 0.209 e. The predicted molar refractivity (Wildman–Crippen MR) is 116 cm³/mol. The number of benzene rings is 2. The van der Waals surface area contributed by atoms with Crippen LogP contribution in [0.3, 0.4) is 0 Å². The van der Waals surface area contributed by atoms with Gasteiger partial charge in [0.1, 0.15) is 12.8 Å². The first-order valence-corrected chi connectivity index (χ1v) is 9.75. The van der Waals surface area contributed by atoms with Gasteiger partial charge in [0.25, 0.3) is 0 Å². The van der Waals surface area contributed by atoms with Crippen LogP contribution in [0.5, 0.6) is 5.75 Å². The molecule has 0 aromatic heterocycles. The van der Waals surface area contributed by atoms with E-state index in [1.54, 1.807) is 7.11 Å². The van der Waals surface area contributed by atoms with E-state index in [2.05, 4.69) is 98.8 Å². The Labute approximate surface area is 186 Å². The third-order valence-corrected chi connectivity index (χ3v) is 5.71. The first-order valence-electron chi connectivity index (χ1n) is 9.75. The number of allylic oxidation sites excluding steroid dienone is 1. The minimum Gasteiger partial charge on any atom is -1.00 e. The molecule has 0 spiro atoms. The molecule has 0 N–H and O–H groups in total.